The van der Waals surface area contributed by atoms with Gasteiger partial charge in [0.25, 0.3) is 5.91 Å². The van der Waals surface area contributed by atoms with Crippen molar-refractivity contribution in [1.82, 2.24) is 4.90 Å². The Balaban J connectivity index is 1.49. The zero-order valence-corrected chi connectivity index (χ0v) is 15.7. The number of likely N-dealkylation sites (tertiary alicyclic amines) is 1. The molecule has 1 saturated heterocycles. The Morgan fingerprint density at radius 3 is 2.81 bits per heavy atom. The largest absolute Gasteiger partial charge is 0.452 e. The van der Waals surface area contributed by atoms with Crippen LogP contribution in [-0.2, 0) is 14.3 Å². The molecule has 0 bridgehead atoms. The standard InChI is InChI=1S/C21H23NO3S/c1-16-6-5-13-22(14-16)20(23)15-25-21(24)12-10-18-9-11-19(26-18)17-7-3-2-4-8-17/h2-4,7-12,16H,5-6,13-15H2,1H3/b12-10+/t16-/m1/s1. The fourth-order valence-corrected chi connectivity index (χ4v) is 3.95. The van der Waals surface area contributed by atoms with E-state index in [2.05, 4.69) is 19.1 Å². The van der Waals surface area contributed by atoms with Crippen LogP contribution in [0.4, 0.5) is 0 Å². The van der Waals surface area contributed by atoms with Crippen molar-refractivity contribution in [3.8, 4) is 10.4 Å². The molecule has 1 fully saturated rings. The van der Waals surface area contributed by atoms with Crippen molar-refractivity contribution >= 4 is 29.3 Å². The SMILES string of the molecule is C[C@@H]1CCCN(C(=O)COC(=O)/C=C/c2ccc(-c3ccccc3)s2)C1. The number of esters is 1. The molecular weight excluding hydrogens is 346 g/mol. The van der Waals surface area contributed by atoms with Crippen molar-refractivity contribution in [2.75, 3.05) is 19.7 Å². The number of benzene rings is 1. The minimum Gasteiger partial charge on any atom is -0.452 e. The van der Waals surface area contributed by atoms with E-state index < -0.39 is 5.97 Å². The van der Waals surface area contributed by atoms with Crippen molar-refractivity contribution in [2.24, 2.45) is 5.92 Å². The third kappa shape index (κ3) is 5.05. The number of ether oxygens (including phenoxy) is 1. The van der Waals surface area contributed by atoms with Crippen LogP contribution < -0.4 is 0 Å². The van der Waals surface area contributed by atoms with Gasteiger partial charge in [0.05, 0.1) is 0 Å². The van der Waals surface area contributed by atoms with Gasteiger partial charge in [-0.2, -0.15) is 0 Å². The molecule has 0 aliphatic carbocycles. The number of carbonyl (C=O) groups excluding carboxylic acids is 2. The van der Waals surface area contributed by atoms with Gasteiger partial charge in [-0.15, -0.1) is 11.3 Å². The Kier molecular flexibility index (Phi) is 6.23. The quantitative estimate of drug-likeness (QED) is 0.585. The molecule has 2 heterocycles. The molecule has 0 N–H and O–H groups in total. The highest BCUT2D eigenvalue weighted by molar-refractivity contribution is 7.16. The van der Waals surface area contributed by atoms with Gasteiger partial charge in [-0.25, -0.2) is 4.79 Å². The lowest BCUT2D eigenvalue weighted by atomic mass is 10.0. The second-order valence-corrected chi connectivity index (χ2v) is 7.71. The van der Waals surface area contributed by atoms with Gasteiger partial charge in [-0.1, -0.05) is 37.3 Å². The maximum Gasteiger partial charge on any atom is 0.331 e. The summed E-state index contributed by atoms with van der Waals surface area (Å²) >= 11 is 1.61. The summed E-state index contributed by atoms with van der Waals surface area (Å²) in [6.45, 7) is 3.46. The molecule has 1 aliphatic rings. The first-order valence-electron chi connectivity index (χ1n) is 8.89. The number of hydrogen-bond acceptors (Lipinski definition) is 4. The first kappa shape index (κ1) is 18.4. The van der Waals surface area contributed by atoms with Gasteiger partial charge in [0.1, 0.15) is 0 Å². The van der Waals surface area contributed by atoms with E-state index >= 15 is 0 Å². The monoisotopic (exact) mass is 369 g/mol. The van der Waals surface area contributed by atoms with Gasteiger partial charge in [0.15, 0.2) is 6.61 Å². The van der Waals surface area contributed by atoms with Crippen molar-refractivity contribution in [3.63, 3.8) is 0 Å². The Bertz CT molecular complexity index is 782. The number of thiophene rings is 1. The highest BCUT2D eigenvalue weighted by Gasteiger charge is 2.21. The molecule has 1 amide bonds. The molecule has 136 valence electrons. The van der Waals surface area contributed by atoms with Crippen LogP contribution in [0.25, 0.3) is 16.5 Å². The molecule has 26 heavy (non-hydrogen) atoms. The molecule has 0 saturated carbocycles. The summed E-state index contributed by atoms with van der Waals surface area (Å²) in [6, 6.07) is 14.1. The normalized spacial score (nSPS) is 17.4. The third-order valence-electron chi connectivity index (χ3n) is 4.42. The van der Waals surface area contributed by atoms with Gasteiger partial charge in [-0.3, -0.25) is 4.79 Å². The first-order chi connectivity index (χ1) is 12.6. The Hall–Kier alpha value is -2.40. The van der Waals surface area contributed by atoms with E-state index in [0.717, 1.165) is 41.2 Å². The molecule has 1 atom stereocenters. The maximum absolute atomic E-state index is 12.1. The van der Waals surface area contributed by atoms with Crippen LogP contribution in [0.3, 0.4) is 0 Å². The van der Waals surface area contributed by atoms with Crippen LogP contribution in [0.5, 0.6) is 0 Å². The van der Waals surface area contributed by atoms with Gasteiger partial charge < -0.3 is 9.64 Å². The predicted octanol–water partition coefficient (Wildman–Crippen LogP) is 4.23. The lowest BCUT2D eigenvalue weighted by molar-refractivity contribution is -0.149. The first-order valence-corrected chi connectivity index (χ1v) is 9.71. The van der Waals surface area contributed by atoms with Crippen LogP contribution >= 0.6 is 11.3 Å². The van der Waals surface area contributed by atoms with E-state index in [1.54, 1.807) is 22.3 Å². The molecule has 1 aliphatic heterocycles. The van der Waals surface area contributed by atoms with E-state index in [1.165, 1.54) is 6.08 Å². The highest BCUT2D eigenvalue weighted by Crippen LogP contribution is 2.28. The van der Waals surface area contributed by atoms with Crippen molar-refractivity contribution in [1.29, 1.82) is 0 Å². The fourth-order valence-electron chi connectivity index (χ4n) is 3.04. The second kappa shape index (κ2) is 8.81. The molecule has 1 aromatic heterocycles. The summed E-state index contributed by atoms with van der Waals surface area (Å²) in [5.74, 6) is -0.0835. The van der Waals surface area contributed by atoms with Gasteiger partial charge >= 0.3 is 5.97 Å². The number of amides is 1. The summed E-state index contributed by atoms with van der Waals surface area (Å²) in [6.07, 6.45) is 5.28. The third-order valence-corrected chi connectivity index (χ3v) is 5.52. The van der Waals surface area contributed by atoms with Crippen LogP contribution in [0.2, 0.25) is 0 Å². The maximum atomic E-state index is 12.1. The average Bonchev–Trinajstić information content (AvgIpc) is 3.14. The number of hydrogen-bond donors (Lipinski definition) is 0. The molecule has 5 heteroatoms. The van der Waals surface area contributed by atoms with Crippen LogP contribution in [-0.4, -0.2) is 36.5 Å². The molecule has 1 aromatic carbocycles. The smallest absolute Gasteiger partial charge is 0.331 e. The van der Waals surface area contributed by atoms with Crippen molar-refractivity contribution in [3.05, 3.63) is 53.4 Å². The number of rotatable bonds is 5. The lowest BCUT2D eigenvalue weighted by Crippen LogP contribution is -2.41. The number of piperidine rings is 1. The fraction of sp³-hybridized carbons (Fsp3) is 0.333. The molecule has 2 aromatic rings. The van der Waals surface area contributed by atoms with E-state index in [-0.39, 0.29) is 12.5 Å². The number of nitrogens with zero attached hydrogens (tertiary/aromatic N) is 1. The van der Waals surface area contributed by atoms with Gasteiger partial charge in [-0.05, 0) is 42.5 Å². The van der Waals surface area contributed by atoms with Crippen LogP contribution in [0.15, 0.2) is 48.5 Å². The summed E-state index contributed by atoms with van der Waals surface area (Å²) in [5.41, 5.74) is 1.15. The number of carbonyl (C=O) groups is 2. The average molecular weight is 369 g/mol. The molecule has 0 spiro atoms. The zero-order chi connectivity index (χ0) is 18.4. The van der Waals surface area contributed by atoms with E-state index in [1.807, 2.05) is 30.3 Å². The zero-order valence-electron chi connectivity index (χ0n) is 14.9. The highest BCUT2D eigenvalue weighted by atomic mass is 32.1. The van der Waals surface area contributed by atoms with Crippen molar-refractivity contribution < 1.29 is 14.3 Å². The Morgan fingerprint density at radius 1 is 1.23 bits per heavy atom. The van der Waals surface area contributed by atoms with Gasteiger partial charge in [0, 0.05) is 28.9 Å². The van der Waals surface area contributed by atoms with Gasteiger partial charge in [0.2, 0.25) is 0 Å². The molecule has 0 radical (unpaired) electrons. The summed E-state index contributed by atoms with van der Waals surface area (Å²) in [4.78, 5) is 27.9. The Morgan fingerprint density at radius 2 is 2.04 bits per heavy atom. The molecule has 4 nitrogen and oxygen atoms in total. The lowest BCUT2D eigenvalue weighted by Gasteiger charge is -2.30. The Labute approximate surface area is 158 Å². The second-order valence-electron chi connectivity index (χ2n) is 6.60. The van der Waals surface area contributed by atoms with E-state index in [4.69, 9.17) is 4.74 Å². The predicted molar refractivity (Wildman–Crippen MR) is 105 cm³/mol. The molecular formula is C21H23NO3S. The summed E-state index contributed by atoms with van der Waals surface area (Å²) in [5, 5.41) is 0. The summed E-state index contributed by atoms with van der Waals surface area (Å²) < 4.78 is 5.09. The molecule has 3 rings (SSSR count). The van der Waals surface area contributed by atoms with Crippen molar-refractivity contribution in [2.45, 2.75) is 19.8 Å². The van der Waals surface area contributed by atoms with E-state index in [0.29, 0.717) is 5.92 Å². The minimum atomic E-state index is -0.488. The summed E-state index contributed by atoms with van der Waals surface area (Å²) in [7, 11) is 0. The molecule has 0 unspecified atom stereocenters. The topological polar surface area (TPSA) is 46.6 Å². The van der Waals surface area contributed by atoms with Crippen LogP contribution in [0.1, 0.15) is 24.6 Å². The van der Waals surface area contributed by atoms with E-state index in [9.17, 15) is 9.59 Å². The van der Waals surface area contributed by atoms with Crippen LogP contribution in [0, 0.1) is 5.92 Å². The minimum absolute atomic E-state index is 0.110.